The monoisotopic (exact) mass is 474 g/mol. The number of carbonyl (C=O) groups excluding carboxylic acids is 2. The van der Waals surface area contributed by atoms with E-state index in [9.17, 15) is 9.59 Å². The molecule has 29 heavy (non-hydrogen) atoms. The molecule has 3 N–H and O–H groups in total. The van der Waals surface area contributed by atoms with E-state index in [1.54, 1.807) is 23.9 Å². The fraction of sp³-hybridized carbons (Fsp3) is 0.286. The Balaban J connectivity index is 1.55. The second-order valence-corrected chi connectivity index (χ2v) is 8.45. The molecule has 0 fully saturated rings. The zero-order valence-electron chi connectivity index (χ0n) is 16.1. The van der Waals surface area contributed by atoms with Crippen molar-refractivity contribution in [3.63, 3.8) is 0 Å². The summed E-state index contributed by atoms with van der Waals surface area (Å²) in [4.78, 5) is 32.5. The number of amides is 2. The van der Waals surface area contributed by atoms with Gasteiger partial charge < -0.3 is 15.6 Å². The summed E-state index contributed by atoms with van der Waals surface area (Å²) in [6, 6.07) is 14.7. The van der Waals surface area contributed by atoms with Crippen molar-refractivity contribution in [3.8, 4) is 0 Å². The van der Waals surface area contributed by atoms with Crippen LogP contribution in [0, 0.1) is 0 Å². The van der Waals surface area contributed by atoms with Gasteiger partial charge in [-0.15, -0.1) is 0 Å². The number of imidazole rings is 1. The number of hydrogen-bond donors (Lipinski definition) is 3. The number of carbonyl (C=O) groups is 2. The summed E-state index contributed by atoms with van der Waals surface area (Å²) < 4.78 is 0.912. The van der Waals surface area contributed by atoms with Gasteiger partial charge in [0.1, 0.15) is 5.82 Å². The van der Waals surface area contributed by atoms with Crippen molar-refractivity contribution in [2.24, 2.45) is 0 Å². The van der Waals surface area contributed by atoms with Gasteiger partial charge in [-0.3, -0.25) is 9.59 Å². The topological polar surface area (TPSA) is 86.9 Å². The summed E-state index contributed by atoms with van der Waals surface area (Å²) >= 11 is 5.07. The quantitative estimate of drug-likeness (QED) is 0.436. The van der Waals surface area contributed by atoms with Gasteiger partial charge in [-0.1, -0.05) is 28.1 Å². The number of benzene rings is 2. The lowest BCUT2D eigenvalue weighted by Gasteiger charge is -2.16. The summed E-state index contributed by atoms with van der Waals surface area (Å²) in [6.07, 6.45) is 3.02. The number of rotatable bonds is 9. The molecule has 0 spiro atoms. The zero-order chi connectivity index (χ0) is 20.6. The molecule has 0 bridgehead atoms. The third-order valence-corrected chi connectivity index (χ3v) is 5.60. The average Bonchev–Trinajstić information content (AvgIpc) is 3.15. The number of H-pyrrole nitrogens is 1. The average molecular weight is 475 g/mol. The van der Waals surface area contributed by atoms with E-state index in [0.29, 0.717) is 5.56 Å². The van der Waals surface area contributed by atoms with Gasteiger partial charge in [-0.2, -0.15) is 11.8 Å². The lowest BCUT2D eigenvalue weighted by Crippen LogP contribution is -2.33. The van der Waals surface area contributed by atoms with Crippen molar-refractivity contribution in [1.29, 1.82) is 0 Å². The molecule has 0 radical (unpaired) electrons. The number of aromatic nitrogens is 2. The van der Waals surface area contributed by atoms with E-state index in [0.717, 1.165) is 33.5 Å². The molecule has 3 rings (SSSR count). The number of halogens is 1. The van der Waals surface area contributed by atoms with Crippen LogP contribution in [0.4, 0.5) is 0 Å². The fourth-order valence-corrected chi connectivity index (χ4v) is 3.65. The minimum atomic E-state index is -0.193. The number of hydrogen-bond acceptors (Lipinski definition) is 4. The lowest BCUT2D eigenvalue weighted by molar-refractivity contribution is -0.121. The van der Waals surface area contributed by atoms with Crippen LogP contribution < -0.4 is 10.6 Å². The lowest BCUT2D eigenvalue weighted by atomic mass is 10.2. The molecule has 0 saturated heterocycles. The van der Waals surface area contributed by atoms with E-state index in [1.807, 2.05) is 42.7 Å². The van der Waals surface area contributed by atoms with Crippen molar-refractivity contribution >= 4 is 50.5 Å². The van der Waals surface area contributed by atoms with Gasteiger partial charge in [0.2, 0.25) is 5.91 Å². The van der Waals surface area contributed by atoms with Crippen molar-refractivity contribution in [2.45, 2.75) is 18.9 Å². The zero-order valence-corrected chi connectivity index (χ0v) is 18.5. The Labute approximate surface area is 182 Å². The van der Waals surface area contributed by atoms with Crippen molar-refractivity contribution in [2.75, 3.05) is 18.6 Å². The fourth-order valence-electron chi connectivity index (χ4n) is 2.91. The molecule has 6 nitrogen and oxygen atoms in total. The summed E-state index contributed by atoms with van der Waals surface area (Å²) in [7, 11) is 0. The maximum absolute atomic E-state index is 12.5. The first-order chi connectivity index (χ1) is 14.1. The van der Waals surface area contributed by atoms with Crippen LogP contribution in [0.15, 0.2) is 53.0 Å². The van der Waals surface area contributed by atoms with E-state index in [2.05, 4.69) is 36.5 Å². The Hall–Kier alpha value is -2.32. The minimum absolute atomic E-state index is 0.118. The molecule has 0 aliphatic carbocycles. The molecule has 2 amide bonds. The van der Waals surface area contributed by atoms with Gasteiger partial charge in [0, 0.05) is 23.0 Å². The van der Waals surface area contributed by atoms with Crippen molar-refractivity contribution < 1.29 is 9.59 Å². The molecule has 0 aliphatic heterocycles. The minimum Gasteiger partial charge on any atom is -0.352 e. The van der Waals surface area contributed by atoms with E-state index < -0.39 is 0 Å². The Morgan fingerprint density at radius 2 is 1.93 bits per heavy atom. The number of nitrogens with zero attached hydrogens (tertiary/aromatic N) is 1. The highest BCUT2D eigenvalue weighted by molar-refractivity contribution is 9.10. The van der Waals surface area contributed by atoms with Gasteiger partial charge in [0.25, 0.3) is 5.91 Å². The van der Waals surface area contributed by atoms with E-state index >= 15 is 0 Å². The summed E-state index contributed by atoms with van der Waals surface area (Å²) in [5.74, 6) is 1.35. The largest absolute Gasteiger partial charge is 0.352 e. The molecule has 0 aliphatic rings. The SMILES string of the molecule is CSCCC(NC(=O)CCNC(=O)c1ccc(Br)cc1)c1nc2ccccc2[nH]1. The highest BCUT2D eigenvalue weighted by Crippen LogP contribution is 2.20. The predicted molar refractivity (Wildman–Crippen MR) is 121 cm³/mol. The number of nitrogens with one attached hydrogen (secondary N) is 3. The maximum Gasteiger partial charge on any atom is 0.251 e. The van der Waals surface area contributed by atoms with Gasteiger partial charge >= 0.3 is 0 Å². The maximum atomic E-state index is 12.5. The van der Waals surface area contributed by atoms with Crippen LogP contribution in [0.5, 0.6) is 0 Å². The summed E-state index contributed by atoms with van der Waals surface area (Å²) in [5.41, 5.74) is 2.40. The molecular formula is C21H23BrN4O2S. The van der Waals surface area contributed by atoms with E-state index in [1.165, 1.54) is 0 Å². The standard InChI is InChI=1S/C21H23BrN4O2S/c1-29-13-11-18(20-25-16-4-2-3-5-17(16)26-20)24-19(27)10-12-23-21(28)14-6-8-15(22)9-7-14/h2-9,18H,10-13H2,1H3,(H,23,28)(H,24,27)(H,25,26). The van der Waals surface area contributed by atoms with Crippen LogP contribution in [0.25, 0.3) is 11.0 Å². The highest BCUT2D eigenvalue weighted by Gasteiger charge is 2.18. The molecule has 3 aromatic rings. The van der Waals surface area contributed by atoms with Gasteiger partial charge in [0.15, 0.2) is 0 Å². The molecule has 8 heteroatoms. The molecule has 152 valence electrons. The molecule has 1 aromatic heterocycles. The highest BCUT2D eigenvalue weighted by atomic mass is 79.9. The van der Waals surface area contributed by atoms with Gasteiger partial charge in [-0.25, -0.2) is 4.98 Å². The van der Waals surface area contributed by atoms with Crippen LogP contribution >= 0.6 is 27.7 Å². The number of thioether (sulfide) groups is 1. The Morgan fingerprint density at radius 3 is 2.66 bits per heavy atom. The predicted octanol–water partition coefficient (Wildman–Crippen LogP) is 4.06. The van der Waals surface area contributed by atoms with Crippen molar-refractivity contribution in [1.82, 2.24) is 20.6 Å². The molecule has 0 saturated carbocycles. The first-order valence-electron chi connectivity index (χ1n) is 9.33. The number of fused-ring (bicyclic) bond motifs is 1. The van der Waals surface area contributed by atoms with E-state index in [4.69, 9.17) is 0 Å². The second kappa shape index (κ2) is 10.5. The van der Waals surface area contributed by atoms with E-state index in [-0.39, 0.29) is 30.8 Å². The molecule has 1 unspecified atom stereocenters. The summed E-state index contributed by atoms with van der Waals surface area (Å²) in [5, 5.41) is 5.83. The van der Waals surface area contributed by atoms with Gasteiger partial charge in [-0.05, 0) is 54.8 Å². The molecule has 1 atom stereocenters. The van der Waals surface area contributed by atoms with Crippen LogP contribution in [0.1, 0.15) is 35.1 Å². The molecule has 2 aromatic carbocycles. The molecular weight excluding hydrogens is 452 g/mol. The Bertz CT molecular complexity index is 941. The number of aromatic amines is 1. The summed E-state index contributed by atoms with van der Waals surface area (Å²) in [6.45, 7) is 0.274. The van der Waals surface area contributed by atoms with Crippen LogP contribution in [0.2, 0.25) is 0 Å². The van der Waals surface area contributed by atoms with Crippen LogP contribution in [0.3, 0.4) is 0 Å². The van der Waals surface area contributed by atoms with Crippen LogP contribution in [-0.2, 0) is 4.79 Å². The Morgan fingerprint density at radius 1 is 1.17 bits per heavy atom. The first-order valence-corrected chi connectivity index (χ1v) is 11.5. The number of para-hydroxylation sites is 2. The van der Waals surface area contributed by atoms with Crippen LogP contribution in [-0.4, -0.2) is 40.3 Å². The molecule has 1 heterocycles. The Kier molecular flexibility index (Phi) is 7.71. The first kappa shape index (κ1) is 21.4. The third kappa shape index (κ3) is 6.08. The third-order valence-electron chi connectivity index (χ3n) is 4.43. The normalized spacial score (nSPS) is 11.9. The second-order valence-electron chi connectivity index (χ2n) is 6.55. The van der Waals surface area contributed by atoms with Gasteiger partial charge in [0.05, 0.1) is 17.1 Å². The van der Waals surface area contributed by atoms with Crippen molar-refractivity contribution in [3.05, 3.63) is 64.4 Å². The smallest absolute Gasteiger partial charge is 0.251 e.